The van der Waals surface area contributed by atoms with Crippen LogP contribution < -0.4 is 11.3 Å². The Morgan fingerprint density at radius 3 is 2.53 bits per heavy atom. The average molecular weight is 344 g/mol. The number of halogens is 3. The van der Waals surface area contributed by atoms with Gasteiger partial charge in [-0.2, -0.15) is 0 Å². The lowest BCUT2D eigenvalue weighted by atomic mass is 9.98. The minimum absolute atomic E-state index is 0.279. The molecule has 0 aliphatic carbocycles. The van der Waals surface area contributed by atoms with Crippen LogP contribution in [0, 0.1) is 12.7 Å². The molecule has 0 bridgehead atoms. The van der Waals surface area contributed by atoms with E-state index in [0.29, 0.717) is 5.02 Å². The first-order chi connectivity index (χ1) is 9.01. The molecule has 0 heterocycles. The van der Waals surface area contributed by atoms with E-state index in [2.05, 4.69) is 21.4 Å². The fourth-order valence-corrected chi connectivity index (χ4v) is 2.44. The van der Waals surface area contributed by atoms with E-state index >= 15 is 0 Å². The quantitative estimate of drug-likeness (QED) is 0.650. The van der Waals surface area contributed by atoms with E-state index in [1.54, 1.807) is 6.07 Å². The van der Waals surface area contributed by atoms with Crippen molar-refractivity contribution in [1.82, 2.24) is 5.43 Å². The summed E-state index contributed by atoms with van der Waals surface area (Å²) in [7, 11) is 0. The third-order valence-corrected chi connectivity index (χ3v) is 4.07. The summed E-state index contributed by atoms with van der Waals surface area (Å²) in [5.41, 5.74) is 5.18. The highest BCUT2D eigenvalue weighted by Gasteiger charge is 2.14. The number of hydrogen-bond donors (Lipinski definition) is 2. The SMILES string of the molecule is Cc1cc(F)cc(C(NN)c2ccc(Br)c(Cl)c2)c1. The summed E-state index contributed by atoms with van der Waals surface area (Å²) in [6.07, 6.45) is 0. The molecule has 0 saturated carbocycles. The summed E-state index contributed by atoms with van der Waals surface area (Å²) in [6, 6.07) is 10.1. The second kappa shape index (κ2) is 6.01. The zero-order valence-corrected chi connectivity index (χ0v) is 12.6. The number of benzene rings is 2. The molecule has 2 rings (SSSR count). The molecule has 100 valence electrons. The number of rotatable bonds is 3. The molecule has 0 fully saturated rings. The topological polar surface area (TPSA) is 38.0 Å². The first-order valence-corrected chi connectivity index (χ1v) is 6.86. The highest BCUT2D eigenvalue weighted by molar-refractivity contribution is 9.10. The second-order valence-corrected chi connectivity index (χ2v) is 5.60. The average Bonchev–Trinajstić information content (AvgIpc) is 2.33. The highest BCUT2D eigenvalue weighted by atomic mass is 79.9. The van der Waals surface area contributed by atoms with Crippen molar-refractivity contribution in [1.29, 1.82) is 0 Å². The summed E-state index contributed by atoms with van der Waals surface area (Å²) < 4.78 is 14.3. The van der Waals surface area contributed by atoms with Gasteiger partial charge in [-0.05, 0) is 63.8 Å². The maximum absolute atomic E-state index is 13.5. The molecule has 1 atom stereocenters. The van der Waals surface area contributed by atoms with Crippen LogP contribution in [0.3, 0.4) is 0 Å². The Bertz CT molecular complexity index is 584. The van der Waals surface area contributed by atoms with Crippen LogP contribution in [0.5, 0.6) is 0 Å². The van der Waals surface area contributed by atoms with E-state index < -0.39 is 0 Å². The fourth-order valence-electron chi connectivity index (χ4n) is 2.01. The Balaban J connectivity index is 2.46. The van der Waals surface area contributed by atoms with Crippen LogP contribution in [0.2, 0.25) is 5.02 Å². The first-order valence-electron chi connectivity index (χ1n) is 5.69. The van der Waals surface area contributed by atoms with Crippen molar-refractivity contribution in [3.8, 4) is 0 Å². The summed E-state index contributed by atoms with van der Waals surface area (Å²) >= 11 is 9.41. The molecule has 0 aliphatic heterocycles. The summed E-state index contributed by atoms with van der Waals surface area (Å²) in [6.45, 7) is 1.84. The molecule has 19 heavy (non-hydrogen) atoms. The van der Waals surface area contributed by atoms with Crippen molar-refractivity contribution in [3.63, 3.8) is 0 Å². The van der Waals surface area contributed by atoms with Crippen LogP contribution in [-0.2, 0) is 0 Å². The van der Waals surface area contributed by atoms with Gasteiger partial charge in [0.25, 0.3) is 0 Å². The summed E-state index contributed by atoms with van der Waals surface area (Å²) in [4.78, 5) is 0. The van der Waals surface area contributed by atoms with Gasteiger partial charge < -0.3 is 0 Å². The monoisotopic (exact) mass is 342 g/mol. The van der Waals surface area contributed by atoms with Crippen LogP contribution in [0.1, 0.15) is 22.7 Å². The van der Waals surface area contributed by atoms with E-state index in [4.69, 9.17) is 17.4 Å². The standard InChI is InChI=1S/C14H13BrClFN2/c1-8-4-10(6-11(17)5-8)14(19-18)9-2-3-12(15)13(16)7-9/h2-7,14,19H,18H2,1H3. The van der Waals surface area contributed by atoms with E-state index in [0.717, 1.165) is 21.2 Å². The maximum atomic E-state index is 13.5. The lowest BCUT2D eigenvalue weighted by molar-refractivity contribution is 0.604. The summed E-state index contributed by atoms with van der Waals surface area (Å²) in [5, 5.41) is 0.589. The zero-order chi connectivity index (χ0) is 14.0. The normalized spacial score (nSPS) is 12.5. The van der Waals surface area contributed by atoms with E-state index in [9.17, 15) is 4.39 Å². The molecule has 0 aliphatic rings. The van der Waals surface area contributed by atoms with Gasteiger partial charge in [0.15, 0.2) is 0 Å². The number of nitrogens with one attached hydrogen (secondary N) is 1. The van der Waals surface area contributed by atoms with Crippen LogP contribution >= 0.6 is 27.5 Å². The molecule has 3 N–H and O–H groups in total. The highest BCUT2D eigenvalue weighted by Crippen LogP contribution is 2.29. The largest absolute Gasteiger partial charge is 0.271 e. The predicted octanol–water partition coefficient (Wildman–Crippen LogP) is 4.10. The molecular formula is C14H13BrClFN2. The molecular weight excluding hydrogens is 331 g/mol. The molecule has 0 spiro atoms. The van der Waals surface area contributed by atoms with Crippen LogP contribution in [0.4, 0.5) is 4.39 Å². The molecule has 0 saturated heterocycles. The number of nitrogens with two attached hydrogens (primary N) is 1. The third-order valence-electron chi connectivity index (χ3n) is 2.84. The van der Waals surface area contributed by atoms with Crippen molar-refractivity contribution >= 4 is 27.5 Å². The van der Waals surface area contributed by atoms with Crippen molar-refractivity contribution in [3.05, 3.63) is 68.4 Å². The molecule has 2 nitrogen and oxygen atoms in total. The van der Waals surface area contributed by atoms with Crippen molar-refractivity contribution in [2.75, 3.05) is 0 Å². The molecule has 1 unspecified atom stereocenters. The molecule has 5 heteroatoms. The fraction of sp³-hybridized carbons (Fsp3) is 0.143. The first kappa shape index (κ1) is 14.5. The zero-order valence-electron chi connectivity index (χ0n) is 10.3. The van der Waals surface area contributed by atoms with Gasteiger partial charge in [-0.15, -0.1) is 0 Å². The van der Waals surface area contributed by atoms with Crippen molar-refractivity contribution in [2.24, 2.45) is 5.84 Å². The van der Waals surface area contributed by atoms with Crippen LogP contribution in [-0.4, -0.2) is 0 Å². The Hall–Kier alpha value is -0.940. The third kappa shape index (κ3) is 3.34. The molecule has 0 aromatic heterocycles. The molecule has 2 aromatic rings. The van der Waals surface area contributed by atoms with Crippen molar-refractivity contribution < 1.29 is 4.39 Å². The van der Waals surface area contributed by atoms with E-state index in [1.165, 1.54) is 12.1 Å². The van der Waals surface area contributed by atoms with Gasteiger partial charge in [-0.1, -0.05) is 23.7 Å². The predicted molar refractivity (Wildman–Crippen MR) is 79.5 cm³/mol. The van der Waals surface area contributed by atoms with Gasteiger partial charge in [-0.3, -0.25) is 5.84 Å². The van der Waals surface area contributed by atoms with Crippen molar-refractivity contribution in [2.45, 2.75) is 13.0 Å². The lowest BCUT2D eigenvalue weighted by Gasteiger charge is -2.18. The van der Waals surface area contributed by atoms with Gasteiger partial charge in [0, 0.05) is 4.47 Å². The van der Waals surface area contributed by atoms with E-state index in [-0.39, 0.29) is 11.9 Å². The van der Waals surface area contributed by atoms with Gasteiger partial charge in [-0.25, -0.2) is 9.82 Å². The van der Waals surface area contributed by atoms with Gasteiger partial charge in [0.1, 0.15) is 5.82 Å². The minimum Gasteiger partial charge on any atom is -0.271 e. The second-order valence-electron chi connectivity index (χ2n) is 4.34. The molecule has 2 aromatic carbocycles. The molecule has 0 radical (unpaired) electrons. The Kier molecular flexibility index (Phi) is 4.58. The van der Waals surface area contributed by atoms with Crippen LogP contribution in [0.15, 0.2) is 40.9 Å². The lowest BCUT2D eigenvalue weighted by Crippen LogP contribution is -2.29. The van der Waals surface area contributed by atoms with Gasteiger partial charge in [0.05, 0.1) is 11.1 Å². The van der Waals surface area contributed by atoms with Gasteiger partial charge in [0.2, 0.25) is 0 Å². The Morgan fingerprint density at radius 1 is 1.21 bits per heavy atom. The van der Waals surface area contributed by atoms with E-state index in [1.807, 2.05) is 25.1 Å². The minimum atomic E-state index is -0.306. The molecule has 0 amide bonds. The van der Waals surface area contributed by atoms with Crippen LogP contribution in [0.25, 0.3) is 0 Å². The number of hydrazine groups is 1. The Labute approximate surface area is 124 Å². The number of hydrogen-bond acceptors (Lipinski definition) is 2. The summed E-state index contributed by atoms with van der Waals surface area (Å²) in [5.74, 6) is 5.32. The maximum Gasteiger partial charge on any atom is 0.123 e. The van der Waals surface area contributed by atoms with Gasteiger partial charge >= 0.3 is 0 Å². The Morgan fingerprint density at radius 2 is 1.95 bits per heavy atom. The smallest absolute Gasteiger partial charge is 0.123 e. The number of aryl methyl sites for hydroxylation is 1.